The van der Waals surface area contributed by atoms with Crippen molar-refractivity contribution in [3.8, 4) is 0 Å². The summed E-state index contributed by atoms with van der Waals surface area (Å²) in [6.45, 7) is 8.79. The Morgan fingerprint density at radius 2 is 2.00 bits per heavy atom. The Morgan fingerprint density at radius 3 is 2.71 bits per heavy atom. The van der Waals surface area contributed by atoms with Crippen LogP contribution in [0.4, 0.5) is 0 Å². The highest BCUT2D eigenvalue weighted by Crippen LogP contribution is 2.65. The molecule has 0 aromatic carbocycles. The van der Waals surface area contributed by atoms with Gasteiger partial charge in [-0.1, -0.05) is 38.5 Å². The van der Waals surface area contributed by atoms with Crippen LogP contribution in [0.1, 0.15) is 59.8 Å². The topological polar surface area (TPSA) is 34.1 Å². The predicted molar refractivity (Wildman–Crippen MR) is 95.3 cm³/mol. The van der Waals surface area contributed by atoms with Crippen LogP contribution in [0.5, 0.6) is 0 Å². The molecule has 24 heavy (non-hydrogen) atoms. The fourth-order valence-corrected chi connectivity index (χ4v) is 7.17. The van der Waals surface area contributed by atoms with Gasteiger partial charge in [0, 0.05) is 17.8 Å². The third-order valence-corrected chi connectivity index (χ3v) is 8.20. The van der Waals surface area contributed by atoms with Gasteiger partial charge in [0.15, 0.2) is 5.78 Å². The molecule has 0 bridgehead atoms. The molecule has 7 atom stereocenters. The van der Waals surface area contributed by atoms with Gasteiger partial charge in [-0.2, -0.15) is 0 Å². The molecular weight excluding hydrogens is 296 g/mol. The minimum Gasteiger partial charge on any atom is -0.300 e. The van der Waals surface area contributed by atoms with Crippen molar-refractivity contribution < 1.29 is 9.59 Å². The van der Waals surface area contributed by atoms with Crippen molar-refractivity contribution in [2.45, 2.75) is 59.8 Å². The molecule has 130 valence electrons. The number of ketones is 2. The Hall–Kier alpha value is -1.18. The lowest BCUT2D eigenvalue weighted by Crippen LogP contribution is -2.47. The van der Waals surface area contributed by atoms with E-state index in [0.717, 1.165) is 12.8 Å². The van der Waals surface area contributed by atoms with Gasteiger partial charge in [-0.05, 0) is 67.8 Å². The second-order valence-corrected chi connectivity index (χ2v) is 9.44. The van der Waals surface area contributed by atoms with E-state index in [1.54, 1.807) is 12.5 Å². The van der Waals surface area contributed by atoms with Crippen LogP contribution in [0.15, 0.2) is 23.8 Å². The molecule has 0 aromatic heterocycles. The molecule has 0 radical (unpaired) electrons. The Labute approximate surface area is 145 Å². The number of hydrogen-bond acceptors (Lipinski definition) is 2. The number of fused-ring (bicyclic) bond motifs is 5. The van der Waals surface area contributed by atoms with Gasteiger partial charge in [-0.3, -0.25) is 9.59 Å². The van der Waals surface area contributed by atoms with Crippen molar-refractivity contribution in [1.82, 2.24) is 0 Å². The van der Waals surface area contributed by atoms with Gasteiger partial charge in [0.05, 0.1) is 0 Å². The van der Waals surface area contributed by atoms with Crippen molar-refractivity contribution in [3.63, 3.8) is 0 Å². The Kier molecular flexibility index (Phi) is 3.50. The molecule has 2 saturated carbocycles. The van der Waals surface area contributed by atoms with E-state index in [4.69, 9.17) is 0 Å². The molecule has 4 aliphatic rings. The van der Waals surface area contributed by atoms with E-state index in [0.29, 0.717) is 41.7 Å². The molecule has 4 aliphatic carbocycles. The normalized spacial score (nSPS) is 49.9. The zero-order chi connectivity index (χ0) is 17.3. The summed E-state index contributed by atoms with van der Waals surface area (Å²) >= 11 is 0. The van der Waals surface area contributed by atoms with E-state index >= 15 is 0 Å². The number of rotatable bonds is 1. The van der Waals surface area contributed by atoms with Crippen molar-refractivity contribution in [3.05, 3.63) is 23.8 Å². The van der Waals surface area contributed by atoms with Crippen molar-refractivity contribution in [1.29, 1.82) is 0 Å². The highest BCUT2D eigenvalue weighted by Gasteiger charge is 2.59. The number of Topliss-reactive ketones (excluding diaryl/α,β-unsaturated/α-hetero) is 1. The Balaban J connectivity index is 1.75. The van der Waals surface area contributed by atoms with Crippen molar-refractivity contribution in [2.24, 2.45) is 40.4 Å². The average Bonchev–Trinajstić information content (AvgIpc) is 2.78. The Bertz CT molecular complexity index is 657. The van der Waals surface area contributed by atoms with E-state index in [1.165, 1.54) is 12.8 Å². The van der Waals surface area contributed by atoms with Gasteiger partial charge in [0.1, 0.15) is 5.78 Å². The summed E-state index contributed by atoms with van der Waals surface area (Å²) in [6, 6.07) is 0. The van der Waals surface area contributed by atoms with Crippen LogP contribution in [0, 0.1) is 40.4 Å². The quantitative estimate of drug-likeness (QED) is 0.652. The SMILES string of the molecule is CC(=O)[C@H]1[C@H](C)C[C@H]2[C@@H]3CC[C@@H]4CC(=O)C=C[C@]4(C)C3=CC[C@@]21C. The molecule has 0 spiro atoms. The van der Waals surface area contributed by atoms with Gasteiger partial charge >= 0.3 is 0 Å². The lowest BCUT2D eigenvalue weighted by Gasteiger charge is -2.54. The summed E-state index contributed by atoms with van der Waals surface area (Å²) in [7, 11) is 0. The van der Waals surface area contributed by atoms with Gasteiger partial charge < -0.3 is 0 Å². The molecule has 0 N–H and O–H groups in total. The molecule has 2 heteroatoms. The number of hydrogen-bond donors (Lipinski definition) is 0. The van der Waals surface area contributed by atoms with Crippen LogP contribution in [0.3, 0.4) is 0 Å². The fourth-order valence-electron chi connectivity index (χ4n) is 7.17. The van der Waals surface area contributed by atoms with Crippen LogP contribution in [0.25, 0.3) is 0 Å². The van der Waals surface area contributed by atoms with Gasteiger partial charge in [0.25, 0.3) is 0 Å². The van der Waals surface area contributed by atoms with Crippen molar-refractivity contribution >= 4 is 11.6 Å². The van der Waals surface area contributed by atoms with Gasteiger partial charge in [0.2, 0.25) is 0 Å². The van der Waals surface area contributed by atoms with Crippen LogP contribution >= 0.6 is 0 Å². The summed E-state index contributed by atoms with van der Waals surface area (Å²) < 4.78 is 0. The highest BCUT2D eigenvalue weighted by atomic mass is 16.1. The molecule has 4 rings (SSSR count). The zero-order valence-corrected chi connectivity index (χ0v) is 15.5. The monoisotopic (exact) mass is 326 g/mol. The maximum absolute atomic E-state index is 12.3. The molecule has 2 nitrogen and oxygen atoms in total. The smallest absolute Gasteiger partial charge is 0.155 e. The standard InChI is InChI=1S/C22H30O2/c1-13-11-19-17-6-5-15-12-16(24)7-9-21(15,3)18(17)8-10-22(19,4)20(13)14(2)23/h7-9,13,15,17,19-20H,5-6,10-12H2,1-4H3/t13-,15-,17-,19+,20-,21+,22+/m1/s1. The molecule has 0 amide bonds. The zero-order valence-electron chi connectivity index (χ0n) is 15.5. The summed E-state index contributed by atoms with van der Waals surface area (Å²) in [6.07, 6.45) is 11.8. The number of carbonyl (C=O) groups is 2. The van der Waals surface area contributed by atoms with E-state index in [9.17, 15) is 9.59 Å². The minimum atomic E-state index is 0.0652. The van der Waals surface area contributed by atoms with Crippen molar-refractivity contribution in [2.75, 3.05) is 0 Å². The second kappa shape index (κ2) is 5.16. The Morgan fingerprint density at radius 1 is 1.25 bits per heavy atom. The van der Waals surface area contributed by atoms with Crippen LogP contribution in [-0.2, 0) is 9.59 Å². The first-order valence-electron chi connectivity index (χ1n) is 9.70. The maximum Gasteiger partial charge on any atom is 0.155 e. The third kappa shape index (κ3) is 2.01. The number of allylic oxidation sites excluding steroid dienone is 4. The third-order valence-electron chi connectivity index (χ3n) is 8.20. The lowest BCUT2D eigenvalue weighted by atomic mass is 9.50. The molecule has 0 unspecified atom stereocenters. The summed E-state index contributed by atoms with van der Waals surface area (Å²) in [5.41, 5.74) is 1.79. The molecule has 0 saturated heterocycles. The first kappa shape index (κ1) is 16.3. The largest absolute Gasteiger partial charge is 0.300 e. The maximum atomic E-state index is 12.3. The van der Waals surface area contributed by atoms with Gasteiger partial charge in [-0.25, -0.2) is 0 Å². The lowest BCUT2D eigenvalue weighted by molar-refractivity contribution is -0.126. The van der Waals surface area contributed by atoms with Crippen LogP contribution < -0.4 is 0 Å². The fraction of sp³-hybridized carbons (Fsp3) is 0.727. The number of carbonyl (C=O) groups excluding carboxylic acids is 2. The average molecular weight is 326 g/mol. The molecule has 0 aromatic rings. The summed E-state index contributed by atoms with van der Waals surface area (Å²) in [5.74, 6) is 3.11. The molecule has 0 aliphatic heterocycles. The predicted octanol–water partition coefficient (Wildman–Crippen LogP) is 4.75. The summed E-state index contributed by atoms with van der Waals surface area (Å²) in [4.78, 5) is 24.2. The summed E-state index contributed by atoms with van der Waals surface area (Å²) in [5, 5.41) is 0. The molecule has 0 heterocycles. The first-order chi connectivity index (χ1) is 11.3. The second-order valence-electron chi connectivity index (χ2n) is 9.44. The van der Waals surface area contributed by atoms with Crippen LogP contribution in [0.2, 0.25) is 0 Å². The van der Waals surface area contributed by atoms with Crippen LogP contribution in [-0.4, -0.2) is 11.6 Å². The molecular formula is C22H30O2. The van der Waals surface area contributed by atoms with E-state index in [1.807, 2.05) is 6.08 Å². The van der Waals surface area contributed by atoms with E-state index in [-0.39, 0.29) is 16.7 Å². The first-order valence-corrected chi connectivity index (χ1v) is 9.70. The minimum absolute atomic E-state index is 0.0652. The molecule has 2 fully saturated rings. The van der Waals surface area contributed by atoms with E-state index in [2.05, 4.69) is 32.9 Å². The van der Waals surface area contributed by atoms with Gasteiger partial charge in [-0.15, -0.1) is 0 Å². The van der Waals surface area contributed by atoms with E-state index < -0.39 is 0 Å². The highest BCUT2D eigenvalue weighted by molar-refractivity contribution is 5.91.